The van der Waals surface area contributed by atoms with Crippen LogP contribution in [0.15, 0.2) is 59.5 Å². The number of carbonyl (C=O) groups excluding carboxylic acids is 1. The van der Waals surface area contributed by atoms with Crippen molar-refractivity contribution in [2.75, 3.05) is 19.5 Å². The maximum Gasteiger partial charge on any atom is 0.310 e. The van der Waals surface area contributed by atoms with E-state index >= 15 is 0 Å². The molecule has 1 aromatic heterocycles. The fourth-order valence-corrected chi connectivity index (χ4v) is 3.90. The van der Waals surface area contributed by atoms with Gasteiger partial charge >= 0.3 is 5.97 Å². The van der Waals surface area contributed by atoms with Crippen LogP contribution in [0.2, 0.25) is 0 Å². The van der Waals surface area contributed by atoms with Gasteiger partial charge in [0, 0.05) is 16.3 Å². The first kappa shape index (κ1) is 27.9. The zero-order valence-corrected chi connectivity index (χ0v) is 21.3. The first-order valence-corrected chi connectivity index (χ1v) is 12.7. The molecule has 7 nitrogen and oxygen atoms in total. The monoisotopic (exact) mass is 502 g/mol. The Morgan fingerprint density at radius 2 is 1.77 bits per heavy atom. The Bertz CT molecular complexity index is 1120. The van der Waals surface area contributed by atoms with Gasteiger partial charge in [0.2, 0.25) is 0 Å². The summed E-state index contributed by atoms with van der Waals surface area (Å²) in [5.41, 5.74) is 4.07. The van der Waals surface area contributed by atoms with Crippen molar-refractivity contribution >= 4 is 17.7 Å². The second kappa shape index (κ2) is 14.2. The molecule has 35 heavy (non-hydrogen) atoms. The average molecular weight is 503 g/mol. The first-order chi connectivity index (χ1) is 16.9. The average Bonchev–Trinajstić information content (AvgIpc) is 3.18. The quantitative estimate of drug-likeness (QED) is 0.0990. The summed E-state index contributed by atoms with van der Waals surface area (Å²) in [5.74, 6) is -0.736. The highest BCUT2D eigenvalue weighted by Crippen LogP contribution is 2.31. The van der Waals surface area contributed by atoms with E-state index in [0.717, 1.165) is 27.4 Å². The van der Waals surface area contributed by atoms with Crippen LogP contribution < -0.4 is 0 Å². The van der Waals surface area contributed by atoms with Gasteiger partial charge in [-0.2, -0.15) is 0 Å². The van der Waals surface area contributed by atoms with E-state index in [1.807, 2.05) is 68.0 Å². The van der Waals surface area contributed by atoms with Gasteiger partial charge in [0.1, 0.15) is 5.82 Å². The molecule has 0 unspecified atom stereocenters. The van der Waals surface area contributed by atoms with E-state index in [9.17, 15) is 19.3 Å². The zero-order chi connectivity index (χ0) is 25.8. The Hall–Kier alpha value is -3.33. The molecule has 3 rings (SSSR count). The molecule has 0 fully saturated rings. The smallest absolute Gasteiger partial charge is 0.310 e. The summed E-state index contributed by atoms with van der Waals surface area (Å²) >= 11 is 1.65. The maximum atomic E-state index is 14.0. The second-order valence-electron chi connectivity index (χ2n) is 7.35. The molecule has 0 aliphatic carbocycles. The fraction of sp³-hybridized carbons (Fsp3) is 0.346. The highest BCUT2D eigenvalue weighted by atomic mass is 32.2. The van der Waals surface area contributed by atoms with Gasteiger partial charge < -0.3 is 14.1 Å². The molecule has 9 heteroatoms. The van der Waals surface area contributed by atoms with Gasteiger partial charge in [-0.25, -0.2) is 4.39 Å². The SMILES string of the molecule is CC.CSc1ccc(-c2cc(CC(=O)OCCCCO[N+](=O)[O-])c(C)n2-c2cccc(F)c2)cc1. The lowest BCUT2D eigenvalue weighted by atomic mass is 10.1. The van der Waals surface area contributed by atoms with Crippen LogP contribution in [0.5, 0.6) is 0 Å². The predicted octanol–water partition coefficient (Wildman–Crippen LogP) is 6.41. The number of aromatic nitrogens is 1. The highest BCUT2D eigenvalue weighted by molar-refractivity contribution is 7.98. The number of ether oxygens (including phenoxy) is 1. The van der Waals surface area contributed by atoms with Crippen LogP contribution >= 0.6 is 11.8 Å². The molecular weight excluding hydrogens is 471 g/mol. The largest absolute Gasteiger partial charge is 0.465 e. The molecule has 0 aliphatic rings. The molecule has 0 saturated heterocycles. The lowest BCUT2D eigenvalue weighted by molar-refractivity contribution is -0.757. The topological polar surface area (TPSA) is 83.6 Å². The minimum Gasteiger partial charge on any atom is -0.465 e. The van der Waals surface area contributed by atoms with Crippen molar-refractivity contribution in [2.45, 2.75) is 44.9 Å². The highest BCUT2D eigenvalue weighted by Gasteiger charge is 2.18. The fourth-order valence-electron chi connectivity index (χ4n) is 3.50. The summed E-state index contributed by atoms with van der Waals surface area (Å²) in [6.45, 7) is 6.02. The second-order valence-corrected chi connectivity index (χ2v) is 8.22. The Morgan fingerprint density at radius 1 is 1.09 bits per heavy atom. The number of unbranched alkanes of at least 4 members (excludes halogenated alkanes) is 1. The predicted molar refractivity (Wildman–Crippen MR) is 136 cm³/mol. The van der Waals surface area contributed by atoms with Gasteiger partial charge in [-0.1, -0.05) is 32.0 Å². The summed E-state index contributed by atoms with van der Waals surface area (Å²) in [7, 11) is 0. The van der Waals surface area contributed by atoms with E-state index in [0.29, 0.717) is 18.5 Å². The van der Waals surface area contributed by atoms with Gasteiger partial charge in [0.15, 0.2) is 0 Å². The third kappa shape index (κ3) is 8.13. The van der Waals surface area contributed by atoms with Crippen LogP contribution in [0.3, 0.4) is 0 Å². The summed E-state index contributed by atoms with van der Waals surface area (Å²) in [6.07, 6.45) is 2.96. The third-order valence-corrected chi connectivity index (χ3v) is 5.88. The lowest BCUT2D eigenvalue weighted by Gasteiger charge is -2.13. The van der Waals surface area contributed by atoms with Crippen LogP contribution in [0.4, 0.5) is 4.39 Å². The number of benzene rings is 2. The van der Waals surface area contributed by atoms with Crippen molar-refractivity contribution in [1.29, 1.82) is 0 Å². The maximum absolute atomic E-state index is 14.0. The minimum atomic E-state index is -0.843. The summed E-state index contributed by atoms with van der Waals surface area (Å²) < 4.78 is 21.2. The van der Waals surface area contributed by atoms with Gasteiger partial charge in [0.05, 0.1) is 25.3 Å². The lowest BCUT2D eigenvalue weighted by Crippen LogP contribution is -2.11. The zero-order valence-electron chi connectivity index (χ0n) is 20.5. The number of nitrogens with zero attached hydrogens (tertiary/aromatic N) is 2. The molecule has 0 N–H and O–H groups in total. The Morgan fingerprint density at radius 3 is 2.40 bits per heavy atom. The van der Waals surface area contributed by atoms with Gasteiger partial charge in [-0.3, -0.25) is 4.79 Å². The Labute approximate surface area is 209 Å². The van der Waals surface area contributed by atoms with Crippen molar-refractivity contribution in [3.05, 3.63) is 81.8 Å². The molecule has 0 aliphatic heterocycles. The number of hydrogen-bond donors (Lipinski definition) is 0. The van der Waals surface area contributed by atoms with Crippen LogP contribution in [0.1, 0.15) is 37.9 Å². The van der Waals surface area contributed by atoms with Crippen molar-refractivity contribution < 1.29 is 23.8 Å². The molecule has 0 spiro atoms. The van der Waals surface area contributed by atoms with Crippen molar-refractivity contribution in [3.63, 3.8) is 0 Å². The van der Waals surface area contributed by atoms with Crippen LogP contribution in [0.25, 0.3) is 16.9 Å². The Balaban J connectivity index is 0.00000210. The number of esters is 1. The number of hydrogen-bond acceptors (Lipinski definition) is 6. The van der Waals surface area contributed by atoms with Gasteiger partial charge in [-0.05, 0) is 73.5 Å². The van der Waals surface area contributed by atoms with Gasteiger partial charge in [0.25, 0.3) is 5.09 Å². The van der Waals surface area contributed by atoms with E-state index in [4.69, 9.17) is 4.74 Å². The first-order valence-electron chi connectivity index (χ1n) is 11.4. The molecule has 0 bridgehead atoms. The third-order valence-electron chi connectivity index (χ3n) is 5.14. The minimum absolute atomic E-state index is 0.0289. The Kier molecular flexibility index (Phi) is 11.3. The molecule has 2 aromatic carbocycles. The van der Waals surface area contributed by atoms with E-state index in [2.05, 4.69) is 4.84 Å². The molecule has 188 valence electrons. The molecule has 0 saturated carbocycles. The van der Waals surface area contributed by atoms with E-state index in [1.54, 1.807) is 17.8 Å². The number of carbonyl (C=O) groups is 1. The number of rotatable bonds is 11. The molecule has 0 amide bonds. The summed E-state index contributed by atoms with van der Waals surface area (Å²) in [4.78, 5) is 27.9. The van der Waals surface area contributed by atoms with E-state index < -0.39 is 11.1 Å². The van der Waals surface area contributed by atoms with E-state index in [-0.39, 0.29) is 25.5 Å². The normalized spacial score (nSPS) is 10.3. The van der Waals surface area contributed by atoms with Crippen LogP contribution in [-0.2, 0) is 20.8 Å². The molecule has 1 heterocycles. The number of halogens is 1. The molecule has 0 atom stereocenters. The molecular formula is C26H31FN2O5S. The molecule has 3 aromatic rings. The van der Waals surface area contributed by atoms with Crippen molar-refractivity contribution in [3.8, 4) is 16.9 Å². The van der Waals surface area contributed by atoms with Crippen molar-refractivity contribution in [1.82, 2.24) is 4.57 Å². The summed E-state index contributed by atoms with van der Waals surface area (Å²) in [6, 6.07) is 16.3. The summed E-state index contributed by atoms with van der Waals surface area (Å²) in [5, 5.41) is 9.29. The van der Waals surface area contributed by atoms with Crippen molar-refractivity contribution in [2.24, 2.45) is 0 Å². The molecule has 0 radical (unpaired) electrons. The standard InChI is InChI=1S/C24H25FN2O5S.C2H6/c1-17-19(15-24(28)31-12-3-4-13-32-27(29)30)14-23(18-8-10-22(33-2)11-9-18)26(17)21-7-5-6-20(25)16-21;1-2/h5-11,14,16H,3-4,12-13,15H2,1-2H3;1-2H3. The van der Waals surface area contributed by atoms with Crippen LogP contribution in [-0.4, -0.2) is 35.1 Å². The van der Waals surface area contributed by atoms with E-state index in [1.165, 1.54) is 12.1 Å². The van der Waals surface area contributed by atoms with Crippen LogP contribution in [0, 0.1) is 22.9 Å². The van der Waals surface area contributed by atoms with Gasteiger partial charge in [-0.15, -0.1) is 21.9 Å². The number of thioether (sulfide) groups is 1.